The Hall–Kier alpha value is -2.46. The van der Waals surface area contributed by atoms with Crippen molar-refractivity contribution in [2.75, 3.05) is 7.11 Å². The first-order valence-electron chi connectivity index (χ1n) is 8.85. The highest BCUT2D eigenvalue weighted by Gasteiger charge is 2.30. The summed E-state index contributed by atoms with van der Waals surface area (Å²) in [6, 6.07) is -0.324. The van der Waals surface area contributed by atoms with Gasteiger partial charge in [0.2, 0.25) is 5.91 Å². The standard InChI is InChI=1S/C17H21N7O2S/c1-11-19-9-13-14(20-11)4-3-5-15(13)23-10-12(21-22-23)8-16-17(25)18-6-7-24(16)27-26-2/h6-7,9-10,15-16H,3-5,8H2,1-2H3,(H,18,25)/t15-,16-/m0/s1. The van der Waals surface area contributed by atoms with Gasteiger partial charge >= 0.3 is 0 Å². The number of fused-ring (bicyclic) bond motifs is 1. The zero-order chi connectivity index (χ0) is 18.8. The molecule has 1 amide bonds. The quantitative estimate of drug-likeness (QED) is 0.606. The second-order valence-electron chi connectivity index (χ2n) is 6.56. The van der Waals surface area contributed by atoms with E-state index in [1.807, 2.05) is 24.0 Å². The zero-order valence-electron chi connectivity index (χ0n) is 15.2. The molecule has 0 spiro atoms. The van der Waals surface area contributed by atoms with Gasteiger partial charge in [-0.2, -0.15) is 0 Å². The fraction of sp³-hybridized carbons (Fsp3) is 0.471. The molecule has 2 aromatic heterocycles. The van der Waals surface area contributed by atoms with Crippen LogP contribution in [0.1, 0.15) is 41.7 Å². The van der Waals surface area contributed by atoms with Crippen LogP contribution in [-0.4, -0.2) is 48.3 Å². The number of rotatable bonds is 5. The van der Waals surface area contributed by atoms with Crippen LogP contribution in [-0.2, 0) is 21.8 Å². The van der Waals surface area contributed by atoms with Crippen molar-refractivity contribution < 1.29 is 8.98 Å². The molecule has 27 heavy (non-hydrogen) atoms. The lowest BCUT2D eigenvalue weighted by Gasteiger charge is -2.28. The van der Waals surface area contributed by atoms with E-state index in [1.165, 1.54) is 0 Å². The van der Waals surface area contributed by atoms with Crippen molar-refractivity contribution in [2.45, 2.75) is 44.7 Å². The summed E-state index contributed by atoms with van der Waals surface area (Å²) in [6.07, 6.45) is 10.6. The van der Waals surface area contributed by atoms with E-state index in [1.54, 1.807) is 23.8 Å². The Morgan fingerprint density at radius 1 is 1.44 bits per heavy atom. The maximum Gasteiger partial charge on any atom is 0.248 e. The highest BCUT2D eigenvalue weighted by molar-refractivity contribution is 7.92. The molecule has 0 bridgehead atoms. The first-order chi connectivity index (χ1) is 13.2. The number of nitrogens with one attached hydrogen (secondary N) is 1. The predicted molar refractivity (Wildman–Crippen MR) is 99.1 cm³/mol. The molecule has 1 N–H and O–H groups in total. The van der Waals surface area contributed by atoms with Gasteiger partial charge in [-0.15, -0.1) is 5.10 Å². The monoisotopic (exact) mass is 387 g/mol. The zero-order valence-corrected chi connectivity index (χ0v) is 16.0. The van der Waals surface area contributed by atoms with E-state index >= 15 is 0 Å². The van der Waals surface area contributed by atoms with Crippen molar-refractivity contribution in [1.29, 1.82) is 0 Å². The minimum absolute atomic E-state index is 0.0835. The smallest absolute Gasteiger partial charge is 0.248 e. The van der Waals surface area contributed by atoms with Gasteiger partial charge in [-0.05, 0) is 26.2 Å². The number of aromatic nitrogens is 5. The highest BCUT2D eigenvalue weighted by atomic mass is 32.2. The third-order valence-corrected chi connectivity index (χ3v) is 5.47. The van der Waals surface area contributed by atoms with Crippen LogP contribution in [0.2, 0.25) is 0 Å². The largest absolute Gasteiger partial charge is 0.329 e. The van der Waals surface area contributed by atoms with E-state index in [0.29, 0.717) is 6.42 Å². The van der Waals surface area contributed by atoms with E-state index in [0.717, 1.165) is 54.3 Å². The highest BCUT2D eigenvalue weighted by Crippen LogP contribution is 2.31. The van der Waals surface area contributed by atoms with E-state index in [9.17, 15) is 4.79 Å². The molecule has 2 atom stereocenters. The van der Waals surface area contributed by atoms with Crippen molar-refractivity contribution in [1.82, 2.24) is 34.6 Å². The molecule has 1 aliphatic heterocycles. The lowest BCUT2D eigenvalue weighted by atomic mass is 9.92. The third-order valence-electron chi connectivity index (χ3n) is 4.77. The van der Waals surface area contributed by atoms with Gasteiger partial charge in [0, 0.05) is 42.5 Å². The second-order valence-corrected chi connectivity index (χ2v) is 7.47. The van der Waals surface area contributed by atoms with Gasteiger partial charge in [-0.1, -0.05) is 5.21 Å². The number of hydrogen-bond acceptors (Lipinski definition) is 8. The van der Waals surface area contributed by atoms with Gasteiger partial charge in [-0.3, -0.25) is 13.3 Å². The maximum atomic E-state index is 12.2. The summed E-state index contributed by atoms with van der Waals surface area (Å²) in [7, 11) is 1.57. The lowest BCUT2D eigenvalue weighted by molar-refractivity contribution is -0.123. The molecule has 2 aromatic rings. The van der Waals surface area contributed by atoms with Crippen LogP contribution in [0.3, 0.4) is 0 Å². The number of carbonyl (C=O) groups excluding carboxylic acids is 1. The van der Waals surface area contributed by atoms with Crippen LogP contribution in [0.4, 0.5) is 0 Å². The summed E-state index contributed by atoms with van der Waals surface area (Å²) < 4.78 is 8.74. The lowest BCUT2D eigenvalue weighted by Crippen LogP contribution is -2.45. The SMILES string of the molecule is COSN1C=CNC(=O)[C@@H]1Cc1cn([C@H]2CCCc3nc(C)ncc32)nn1. The van der Waals surface area contributed by atoms with Crippen molar-refractivity contribution >= 4 is 18.1 Å². The molecule has 10 heteroatoms. The van der Waals surface area contributed by atoms with Gasteiger partial charge < -0.3 is 5.32 Å². The fourth-order valence-corrected chi connectivity index (χ4v) is 4.07. The first kappa shape index (κ1) is 17.9. The molecule has 0 saturated heterocycles. The third kappa shape index (κ3) is 3.67. The number of hydrogen-bond donors (Lipinski definition) is 1. The van der Waals surface area contributed by atoms with E-state index in [-0.39, 0.29) is 11.9 Å². The molecule has 142 valence electrons. The summed E-state index contributed by atoms with van der Waals surface area (Å²) >= 11 is 1.12. The molecule has 1 aliphatic carbocycles. The van der Waals surface area contributed by atoms with Crippen molar-refractivity contribution in [3.8, 4) is 0 Å². The Morgan fingerprint density at radius 3 is 3.19 bits per heavy atom. The van der Waals surface area contributed by atoms with Crippen molar-refractivity contribution in [3.63, 3.8) is 0 Å². The maximum absolute atomic E-state index is 12.2. The molecule has 0 fully saturated rings. The molecule has 2 aliphatic rings. The van der Waals surface area contributed by atoms with Gasteiger partial charge in [0.05, 0.1) is 18.8 Å². The Labute approximate surface area is 161 Å². The molecule has 0 radical (unpaired) electrons. The first-order valence-corrected chi connectivity index (χ1v) is 9.55. The molecule has 4 rings (SSSR count). The Morgan fingerprint density at radius 2 is 2.33 bits per heavy atom. The molecule has 0 saturated carbocycles. The van der Waals surface area contributed by atoms with Crippen LogP contribution >= 0.6 is 12.2 Å². The normalized spacial score (nSPS) is 21.9. The average molecular weight is 387 g/mol. The number of aryl methyl sites for hydroxylation is 2. The summed E-state index contributed by atoms with van der Waals surface area (Å²) in [5.41, 5.74) is 2.96. The fourth-order valence-electron chi connectivity index (χ4n) is 3.51. The van der Waals surface area contributed by atoms with Gasteiger partial charge in [0.1, 0.15) is 24.1 Å². The van der Waals surface area contributed by atoms with Gasteiger partial charge in [-0.25, -0.2) is 14.6 Å². The van der Waals surface area contributed by atoms with Crippen LogP contribution in [0, 0.1) is 6.92 Å². The van der Waals surface area contributed by atoms with Crippen molar-refractivity contribution in [2.24, 2.45) is 0 Å². The molecule has 9 nitrogen and oxygen atoms in total. The summed E-state index contributed by atoms with van der Waals surface area (Å²) in [4.78, 5) is 21.2. The van der Waals surface area contributed by atoms with E-state index in [4.69, 9.17) is 4.18 Å². The topological polar surface area (TPSA) is 98.1 Å². The van der Waals surface area contributed by atoms with Gasteiger partial charge in [0.15, 0.2) is 0 Å². The van der Waals surface area contributed by atoms with E-state index in [2.05, 4.69) is 25.6 Å². The van der Waals surface area contributed by atoms with Crippen LogP contribution in [0.5, 0.6) is 0 Å². The number of nitrogens with zero attached hydrogens (tertiary/aromatic N) is 6. The molecular formula is C17H21N7O2S. The minimum atomic E-state index is -0.408. The Bertz CT molecular complexity index is 869. The van der Waals surface area contributed by atoms with Crippen molar-refractivity contribution in [3.05, 3.63) is 47.6 Å². The molecular weight excluding hydrogens is 366 g/mol. The number of carbonyl (C=O) groups is 1. The van der Waals surface area contributed by atoms with Crippen LogP contribution < -0.4 is 5.32 Å². The summed E-state index contributed by atoms with van der Waals surface area (Å²) in [5.74, 6) is 0.698. The summed E-state index contributed by atoms with van der Waals surface area (Å²) in [5, 5.41) is 11.4. The molecule has 0 unspecified atom stereocenters. The second kappa shape index (κ2) is 7.65. The predicted octanol–water partition coefficient (Wildman–Crippen LogP) is 1.33. The van der Waals surface area contributed by atoms with Crippen LogP contribution in [0.25, 0.3) is 0 Å². The summed E-state index contributed by atoms with van der Waals surface area (Å²) in [6.45, 7) is 1.91. The number of amides is 1. The van der Waals surface area contributed by atoms with E-state index < -0.39 is 6.04 Å². The Balaban J connectivity index is 1.54. The minimum Gasteiger partial charge on any atom is -0.329 e. The van der Waals surface area contributed by atoms with Gasteiger partial charge in [0.25, 0.3) is 0 Å². The van der Waals surface area contributed by atoms with Crippen LogP contribution in [0.15, 0.2) is 24.8 Å². The molecule has 3 heterocycles. The molecule has 0 aromatic carbocycles. The Kier molecular flexibility index (Phi) is 5.08. The average Bonchev–Trinajstić information content (AvgIpc) is 3.12.